The normalized spacial score (nSPS) is 13.4. The van der Waals surface area contributed by atoms with Gasteiger partial charge in [-0.05, 0) is 38.0 Å². The molecule has 0 saturated heterocycles. The van der Waals surface area contributed by atoms with Gasteiger partial charge in [0.15, 0.2) is 0 Å². The second-order valence-corrected chi connectivity index (χ2v) is 5.53. The lowest BCUT2D eigenvalue weighted by Crippen LogP contribution is -2.00. The van der Waals surface area contributed by atoms with E-state index in [1.807, 2.05) is 13.8 Å². The van der Waals surface area contributed by atoms with Gasteiger partial charge in [0.2, 0.25) is 0 Å². The van der Waals surface area contributed by atoms with Crippen LogP contribution in [-0.2, 0) is 6.42 Å². The summed E-state index contributed by atoms with van der Waals surface area (Å²) in [5.74, 6) is 1.46. The zero-order chi connectivity index (χ0) is 14.6. The summed E-state index contributed by atoms with van der Waals surface area (Å²) in [5, 5.41) is 3.38. The van der Waals surface area contributed by atoms with E-state index < -0.39 is 0 Å². The van der Waals surface area contributed by atoms with Crippen LogP contribution in [-0.4, -0.2) is 20.9 Å². The number of nitrogens with two attached hydrogens (primary N) is 1. The van der Waals surface area contributed by atoms with Gasteiger partial charge in [0, 0.05) is 29.7 Å². The SMILES string of the molecule is Cc1cnc(N)c2c(-c3ccc4c(c3)CCN4)nc(C)n12. The molecule has 5 heteroatoms. The summed E-state index contributed by atoms with van der Waals surface area (Å²) in [7, 11) is 0. The average Bonchev–Trinajstić information content (AvgIpc) is 3.07. The maximum absolute atomic E-state index is 6.11. The summed E-state index contributed by atoms with van der Waals surface area (Å²) in [5.41, 5.74) is 12.6. The Balaban J connectivity index is 2.01. The Morgan fingerprint density at radius 3 is 3.00 bits per heavy atom. The van der Waals surface area contributed by atoms with E-state index in [0.717, 1.165) is 41.3 Å². The van der Waals surface area contributed by atoms with Gasteiger partial charge in [-0.15, -0.1) is 0 Å². The van der Waals surface area contributed by atoms with Gasteiger partial charge in [-0.3, -0.25) is 4.40 Å². The summed E-state index contributed by atoms with van der Waals surface area (Å²) in [6, 6.07) is 6.43. The van der Waals surface area contributed by atoms with Crippen LogP contribution in [0.2, 0.25) is 0 Å². The van der Waals surface area contributed by atoms with E-state index in [0.29, 0.717) is 5.82 Å². The molecule has 0 spiro atoms. The molecule has 4 rings (SSSR count). The van der Waals surface area contributed by atoms with Crippen molar-refractivity contribution < 1.29 is 0 Å². The third-order valence-corrected chi connectivity index (χ3v) is 4.12. The lowest BCUT2D eigenvalue weighted by Gasteiger charge is -2.06. The van der Waals surface area contributed by atoms with Crippen LogP contribution in [0.5, 0.6) is 0 Å². The number of hydrogen-bond donors (Lipinski definition) is 2. The van der Waals surface area contributed by atoms with Crippen molar-refractivity contribution in [2.45, 2.75) is 20.3 Å². The first-order chi connectivity index (χ1) is 10.1. The third kappa shape index (κ3) is 1.70. The fourth-order valence-corrected chi connectivity index (χ4v) is 3.14. The van der Waals surface area contributed by atoms with Crippen molar-refractivity contribution in [2.24, 2.45) is 0 Å². The topological polar surface area (TPSA) is 68.2 Å². The highest BCUT2D eigenvalue weighted by Gasteiger charge is 2.17. The van der Waals surface area contributed by atoms with Gasteiger partial charge in [-0.25, -0.2) is 9.97 Å². The number of aromatic nitrogens is 3. The molecule has 0 saturated carbocycles. The molecule has 2 aromatic heterocycles. The van der Waals surface area contributed by atoms with Crippen LogP contribution in [0.4, 0.5) is 11.5 Å². The minimum Gasteiger partial charge on any atom is -0.384 e. The lowest BCUT2D eigenvalue weighted by molar-refractivity contribution is 0.978. The summed E-state index contributed by atoms with van der Waals surface area (Å²) >= 11 is 0. The minimum absolute atomic E-state index is 0.523. The molecule has 0 unspecified atom stereocenters. The number of rotatable bonds is 1. The Kier molecular flexibility index (Phi) is 2.45. The predicted octanol–water partition coefficient (Wildman–Crippen LogP) is 2.56. The number of nitrogens with one attached hydrogen (secondary N) is 1. The highest BCUT2D eigenvalue weighted by Crippen LogP contribution is 2.32. The van der Waals surface area contributed by atoms with Crippen molar-refractivity contribution in [3.8, 4) is 11.3 Å². The Morgan fingerprint density at radius 1 is 1.29 bits per heavy atom. The minimum atomic E-state index is 0.523. The van der Waals surface area contributed by atoms with E-state index in [1.165, 1.54) is 11.3 Å². The molecule has 3 N–H and O–H groups in total. The van der Waals surface area contributed by atoms with Gasteiger partial charge >= 0.3 is 0 Å². The summed E-state index contributed by atoms with van der Waals surface area (Å²) < 4.78 is 2.07. The molecule has 1 aromatic carbocycles. The number of aryl methyl sites for hydroxylation is 2. The molecule has 3 heterocycles. The molecule has 0 atom stereocenters. The highest BCUT2D eigenvalue weighted by molar-refractivity contribution is 5.86. The van der Waals surface area contributed by atoms with Gasteiger partial charge < -0.3 is 11.1 Å². The van der Waals surface area contributed by atoms with Crippen molar-refractivity contribution in [1.29, 1.82) is 0 Å². The molecule has 1 aliphatic rings. The molecule has 0 aliphatic carbocycles. The Hall–Kier alpha value is -2.56. The number of imidazole rings is 1. The monoisotopic (exact) mass is 279 g/mol. The van der Waals surface area contributed by atoms with Crippen LogP contribution < -0.4 is 11.1 Å². The molecule has 0 amide bonds. The van der Waals surface area contributed by atoms with Gasteiger partial charge in [0.25, 0.3) is 0 Å². The molecule has 5 nitrogen and oxygen atoms in total. The summed E-state index contributed by atoms with van der Waals surface area (Å²) in [6.07, 6.45) is 2.84. The summed E-state index contributed by atoms with van der Waals surface area (Å²) in [6.45, 7) is 5.02. The molecule has 1 aliphatic heterocycles. The number of anilines is 2. The predicted molar refractivity (Wildman–Crippen MR) is 84.5 cm³/mol. The second-order valence-electron chi connectivity index (χ2n) is 5.53. The molecule has 0 radical (unpaired) electrons. The molecule has 3 aromatic rings. The van der Waals surface area contributed by atoms with Crippen LogP contribution >= 0.6 is 0 Å². The Bertz CT molecular complexity index is 863. The van der Waals surface area contributed by atoms with Gasteiger partial charge in [-0.2, -0.15) is 0 Å². The maximum atomic E-state index is 6.11. The molecular formula is C16H17N5. The number of hydrogen-bond acceptors (Lipinski definition) is 4. The third-order valence-electron chi connectivity index (χ3n) is 4.12. The number of benzene rings is 1. The highest BCUT2D eigenvalue weighted by atomic mass is 15.1. The first-order valence-corrected chi connectivity index (χ1v) is 7.12. The zero-order valence-corrected chi connectivity index (χ0v) is 12.1. The zero-order valence-electron chi connectivity index (χ0n) is 12.1. The van der Waals surface area contributed by atoms with E-state index in [2.05, 4.69) is 32.9 Å². The quantitative estimate of drug-likeness (QED) is 0.718. The van der Waals surface area contributed by atoms with Crippen molar-refractivity contribution in [1.82, 2.24) is 14.4 Å². The second kappa shape index (κ2) is 4.22. The summed E-state index contributed by atoms with van der Waals surface area (Å²) in [4.78, 5) is 9.01. The van der Waals surface area contributed by atoms with Gasteiger partial charge in [-0.1, -0.05) is 6.07 Å². The van der Waals surface area contributed by atoms with Crippen molar-refractivity contribution >= 4 is 17.0 Å². The molecular weight excluding hydrogens is 262 g/mol. The van der Waals surface area contributed by atoms with Crippen molar-refractivity contribution in [3.05, 3.63) is 41.5 Å². The van der Waals surface area contributed by atoms with Crippen LogP contribution in [0.3, 0.4) is 0 Å². The maximum Gasteiger partial charge on any atom is 0.150 e. The van der Waals surface area contributed by atoms with E-state index in [-0.39, 0.29) is 0 Å². The van der Waals surface area contributed by atoms with E-state index >= 15 is 0 Å². The van der Waals surface area contributed by atoms with Crippen LogP contribution in [0.15, 0.2) is 24.4 Å². The molecule has 0 bridgehead atoms. The number of nitrogens with zero attached hydrogens (tertiary/aromatic N) is 3. The van der Waals surface area contributed by atoms with Gasteiger partial charge in [0.05, 0.1) is 0 Å². The van der Waals surface area contributed by atoms with Crippen LogP contribution in [0.1, 0.15) is 17.1 Å². The van der Waals surface area contributed by atoms with E-state index in [1.54, 1.807) is 6.20 Å². The fourth-order valence-electron chi connectivity index (χ4n) is 3.14. The molecule has 106 valence electrons. The largest absolute Gasteiger partial charge is 0.384 e. The van der Waals surface area contributed by atoms with Gasteiger partial charge in [0.1, 0.15) is 22.9 Å². The number of fused-ring (bicyclic) bond motifs is 2. The Labute approximate surface area is 122 Å². The smallest absolute Gasteiger partial charge is 0.150 e. The molecule has 0 fully saturated rings. The van der Waals surface area contributed by atoms with E-state index in [9.17, 15) is 0 Å². The van der Waals surface area contributed by atoms with E-state index in [4.69, 9.17) is 10.7 Å². The lowest BCUT2D eigenvalue weighted by atomic mass is 10.1. The van der Waals surface area contributed by atoms with Crippen LogP contribution in [0.25, 0.3) is 16.8 Å². The van der Waals surface area contributed by atoms with Crippen molar-refractivity contribution in [3.63, 3.8) is 0 Å². The standard InChI is InChI=1S/C16H17N5/c1-9-8-19-16(17)15-14(20-10(2)21(9)15)12-3-4-13-11(7-12)5-6-18-13/h3-4,7-8,18H,5-6H2,1-2H3,(H2,17,19). The number of nitrogen functional groups attached to an aromatic ring is 1. The Morgan fingerprint density at radius 2 is 2.14 bits per heavy atom. The first kappa shape index (κ1) is 12.2. The van der Waals surface area contributed by atoms with Crippen LogP contribution in [0, 0.1) is 13.8 Å². The molecule has 21 heavy (non-hydrogen) atoms. The van der Waals surface area contributed by atoms with Crippen molar-refractivity contribution in [2.75, 3.05) is 17.6 Å². The first-order valence-electron chi connectivity index (χ1n) is 7.12. The average molecular weight is 279 g/mol. The fraction of sp³-hybridized carbons (Fsp3) is 0.250.